The Labute approximate surface area is 108 Å². The van der Waals surface area contributed by atoms with Crippen LogP contribution in [0.5, 0.6) is 0 Å². The molecule has 2 heteroatoms. The van der Waals surface area contributed by atoms with Crippen LogP contribution in [0.25, 0.3) is 11.3 Å². The summed E-state index contributed by atoms with van der Waals surface area (Å²) in [6.07, 6.45) is 3.59. The highest BCUT2D eigenvalue weighted by Crippen LogP contribution is 2.25. The molecular weight excluding hydrogens is 224 g/mol. The van der Waals surface area contributed by atoms with Crippen LogP contribution in [0.15, 0.2) is 34.7 Å². The molecule has 1 heterocycles. The minimum atomic E-state index is 0.0317. The number of rotatable bonds is 5. The van der Waals surface area contributed by atoms with Gasteiger partial charge in [0, 0.05) is 11.1 Å². The van der Waals surface area contributed by atoms with Gasteiger partial charge in [-0.2, -0.15) is 0 Å². The molecule has 0 saturated carbocycles. The maximum Gasteiger partial charge on any atom is 0.134 e. The van der Waals surface area contributed by atoms with Crippen molar-refractivity contribution in [1.82, 2.24) is 0 Å². The Morgan fingerprint density at radius 2 is 1.89 bits per heavy atom. The van der Waals surface area contributed by atoms with Gasteiger partial charge >= 0.3 is 0 Å². The molecule has 2 rings (SSSR count). The van der Waals surface area contributed by atoms with E-state index >= 15 is 0 Å². The molecule has 0 unspecified atom stereocenters. The van der Waals surface area contributed by atoms with Crippen molar-refractivity contribution in [1.29, 1.82) is 0 Å². The van der Waals surface area contributed by atoms with E-state index in [1.54, 1.807) is 0 Å². The lowest BCUT2D eigenvalue weighted by atomic mass is 10.1. The van der Waals surface area contributed by atoms with Gasteiger partial charge in [0.05, 0.1) is 6.61 Å². The fourth-order valence-corrected chi connectivity index (χ4v) is 2.04. The van der Waals surface area contributed by atoms with Crippen LogP contribution >= 0.6 is 0 Å². The van der Waals surface area contributed by atoms with Crippen molar-refractivity contribution >= 4 is 0 Å². The van der Waals surface area contributed by atoms with Crippen LogP contribution in [-0.2, 0) is 13.0 Å². The molecule has 96 valence electrons. The maximum absolute atomic E-state index is 9.16. The summed E-state index contributed by atoms with van der Waals surface area (Å²) >= 11 is 0. The van der Waals surface area contributed by atoms with Crippen molar-refractivity contribution in [3.63, 3.8) is 0 Å². The highest BCUT2D eigenvalue weighted by molar-refractivity contribution is 5.59. The molecular formula is C16H20O2. The molecule has 0 amide bonds. The highest BCUT2D eigenvalue weighted by atomic mass is 16.3. The molecule has 1 aromatic carbocycles. The SMILES string of the molecule is CCCCc1ccc(-c2cc(CO)c(C)o2)cc1. The van der Waals surface area contributed by atoms with Crippen molar-refractivity contribution in [2.24, 2.45) is 0 Å². The van der Waals surface area contributed by atoms with Gasteiger partial charge in [0.25, 0.3) is 0 Å². The molecule has 1 aromatic heterocycles. The average molecular weight is 244 g/mol. The van der Waals surface area contributed by atoms with Gasteiger partial charge in [-0.3, -0.25) is 0 Å². The number of hydrogen-bond acceptors (Lipinski definition) is 2. The van der Waals surface area contributed by atoms with E-state index in [1.807, 2.05) is 13.0 Å². The smallest absolute Gasteiger partial charge is 0.134 e. The normalized spacial score (nSPS) is 10.8. The van der Waals surface area contributed by atoms with E-state index in [9.17, 15) is 0 Å². The van der Waals surface area contributed by atoms with Gasteiger partial charge in [0.15, 0.2) is 0 Å². The Morgan fingerprint density at radius 3 is 2.44 bits per heavy atom. The van der Waals surface area contributed by atoms with Gasteiger partial charge < -0.3 is 9.52 Å². The van der Waals surface area contributed by atoms with Crippen LogP contribution in [0.3, 0.4) is 0 Å². The van der Waals surface area contributed by atoms with E-state index in [2.05, 4.69) is 31.2 Å². The first-order valence-corrected chi connectivity index (χ1v) is 6.54. The standard InChI is InChI=1S/C16H20O2/c1-3-4-5-13-6-8-14(9-7-13)16-10-15(11-17)12(2)18-16/h6-10,17H,3-5,11H2,1-2H3. The minimum absolute atomic E-state index is 0.0317. The lowest BCUT2D eigenvalue weighted by molar-refractivity contribution is 0.279. The molecule has 0 aliphatic heterocycles. The summed E-state index contributed by atoms with van der Waals surface area (Å²) in [5.41, 5.74) is 3.30. The fourth-order valence-electron chi connectivity index (χ4n) is 2.04. The highest BCUT2D eigenvalue weighted by Gasteiger charge is 2.08. The number of unbranched alkanes of at least 4 members (excludes halogenated alkanes) is 1. The molecule has 2 aromatic rings. The monoisotopic (exact) mass is 244 g/mol. The quantitative estimate of drug-likeness (QED) is 0.859. The van der Waals surface area contributed by atoms with E-state index in [0.717, 1.165) is 29.1 Å². The number of hydrogen-bond donors (Lipinski definition) is 1. The van der Waals surface area contributed by atoms with Crippen LogP contribution in [0.2, 0.25) is 0 Å². The minimum Gasteiger partial charge on any atom is -0.461 e. The van der Waals surface area contributed by atoms with Crippen LogP contribution < -0.4 is 0 Å². The first-order valence-electron chi connectivity index (χ1n) is 6.54. The van der Waals surface area contributed by atoms with Crippen molar-refractivity contribution in [3.05, 3.63) is 47.2 Å². The summed E-state index contributed by atoms with van der Waals surface area (Å²) < 4.78 is 5.65. The van der Waals surface area contributed by atoms with E-state index < -0.39 is 0 Å². The van der Waals surface area contributed by atoms with Gasteiger partial charge in [0.2, 0.25) is 0 Å². The fraction of sp³-hybridized carbons (Fsp3) is 0.375. The first-order chi connectivity index (χ1) is 8.74. The number of aliphatic hydroxyl groups excluding tert-OH is 1. The topological polar surface area (TPSA) is 33.4 Å². The number of aliphatic hydroxyl groups is 1. The van der Waals surface area contributed by atoms with Crippen LogP contribution in [-0.4, -0.2) is 5.11 Å². The number of furan rings is 1. The van der Waals surface area contributed by atoms with Gasteiger partial charge in [-0.15, -0.1) is 0 Å². The third kappa shape index (κ3) is 2.82. The molecule has 2 nitrogen and oxygen atoms in total. The third-order valence-corrected chi connectivity index (χ3v) is 3.25. The van der Waals surface area contributed by atoms with E-state index in [1.165, 1.54) is 18.4 Å². The Kier molecular flexibility index (Phi) is 4.21. The summed E-state index contributed by atoms with van der Waals surface area (Å²) in [4.78, 5) is 0. The Hall–Kier alpha value is -1.54. The van der Waals surface area contributed by atoms with Crippen LogP contribution in [0, 0.1) is 6.92 Å². The Bertz CT molecular complexity index is 494. The van der Waals surface area contributed by atoms with E-state index in [0.29, 0.717) is 0 Å². The summed E-state index contributed by atoms with van der Waals surface area (Å²) in [6, 6.07) is 10.4. The van der Waals surface area contributed by atoms with Crippen molar-refractivity contribution in [2.45, 2.75) is 39.7 Å². The summed E-state index contributed by atoms with van der Waals surface area (Å²) in [7, 11) is 0. The molecule has 18 heavy (non-hydrogen) atoms. The maximum atomic E-state index is 9.16. The molecule has 1 N–H and O–H groups in total. The lowest BCUT2D eigenvalue weighted by Gasteiger charge is -2.01. The predicted octanol–water partition coefficient (Wildman–Crippen LogP) is 4.09. The van der Waals surface area contributed by atoms with Gasteiger partial charge in [0.1, 0.15) is 11.5 Å². The summed E-state index contributed by atoms with van der Waals surface area (Å²) in [5.74, 6) is 1.63. The Morgan fingerprint density at radius 1 is 1.17 bits per heavy atom. The molecule has 0 radical (unpaired) electrons. The molecule has 0 aliphatic carbocycles. The van der Waals surface area contributed by atoms with Gasteiger partial charge in [-0.05, 0) is 31.4 Å². The lowest BCUT2D eigenvalue weighted by Crippen LogP contribution is -1.84. The molecule has 0 fully saturated rings. The van der Waals surface area contributed by atoms with Crippen LogP contribution in [0.4, 0.5) is 0 Å². The van der Waals surface area contributed by atoms with Crippen LogP contribution in [0.1, 0.15) is 36.7 Å². The second-order valence-electron chi connectivity index (χ2n) is 4.65. The first kappa shape index (κ1) is 12.9. The molecule has 0 saturated heterocycles. The zero-order valence-corrected chi connectivity index (χ0v) is 11.1. The second-order valence-corrected chi connectivity index (χ2v) is 4.65. The second kappa shape index (κ2) is 5.87. The summed E-state index contributed by atoms with van der Waals surface area (Å²) in [5, 5.41) is 9.16. The number of benzene rings is 1. The Balaban J connectivity index is 2.17. The van der Waals surface area contributed by atoms with Crippen molar-refractivity contribution < 1.29 is 9.52 Å². The van der Waals surface area contributed by atoms with E-state index in [4.69, 9.17) is 9.52 Å². The average Bonchev–Trinajstić information content (AvgIpc) is 2.78. The van der Waals surface area contributed by atoms with Gasteiger partial charge in [-0.1, -0.05) is 37.6 Å². The molecule has 0 spiro atoms. The zero-order chi connectivity index (χ0) is 13.0. The predicted molar refractivity (Wildman–Crippen MR) is 73.4 cm³/mol. The zero-order valence-electron chi connectivity index (χ0n) is 11.1. The molecule has 0 aliphatic rings. The van der Waals surface area contributed by atoms with Crippen molar-refractivity contribution in [3.8, 4) is 11.3 Å². The number of aryl methyl sites for hydroxylation is 2. The molecule has 0 atom stereocenters. The third-order valence-electron chi connectivity index (χ3n) is 3.25. The summed E-state index contributed by atoms with van der Waals surface area (Å²) in [6.45, 7) is 4.12. The molecule has 0 bridgehead atoms. The van der Waals surface area contributed by atoms with Crippen molar-refractivity contribution in [2.75, 3.05) is 0 Å². The largest absolute Gasteiger partial charge is 0.461 e. The van der Waals surface area contributed by atoms with E-state index in [-0.39, 0.29) is 6.61 Å². The van der Waals surface area contributed by atoms with Gasteiger partial charge in [-0.25, -0.2) is 0 Å².